The number of rotatable bonds is 5. The minimum absolute atomic E-state index is 0.0806. The minimum atomic E-state index is -3.48. The Morgan fingerprint density at radius 2 is 2.38 bits per heavy atom. The standard InChI is InChI=1S/C9H16N4O2S/c1-13-9(4-5-11-13)16(14,15)12-6-8(10)7-2-3-7/h4-5,7-8,12H,2-3,6,10H2,1H3. The molecule has 2 rings (SSSR count). The van der Waals surface area contributed by atoms with Crippen LogP contribution in [0.5, 0.6) is 0 Å². The fourth-order valence-corrected chi connectivity index (χ4v) is 2.79. The van der Waals surface area contributed by atoms with Gasteiger partial charge in [-0.1, -0.05) is 0 Å². The van der Waals surface area contributed by atoms with Crippen LogP contribution >= 0.6 is 0 Å². The van der Waals surface area contributed by atoms with Crippen LogP contribution in [0.2, 0.25) is 0 Å². The van der Waals surface area contributed by atoms with Gasteiger partial charge in [-0.25, -0.2) is 13.1 Å². The van der Waals surface area contributed by atoms with Crippen LogP contribution < -0.4 is 10.5 Å². The summed E-state index contributed by atoms with van der Waals surface area (Å²) in [7, 11) is -1.89. The second-order valence-corrected chi connectivity index (χ2v) is 5.86. The second-order valence-electron chi connectivity index (χ2n) is 4.15. The Hall–Kier alpha value is -0.920. The zero-order chi connectivity index (χ0) is 11.8. The van der Waals surface area contributed by atoms with Crippen molar-refractivity contribution in [3.8, 4) is 0 Å². The van der Waals surface area contributed by atoms with Crippen LogP contribution in [0.4, 0.5) is 0 Å². The molecule has 0 aliphatic heterocycles. The van der Waals surface area contributed by atoms with Crippen molar-refractivity contribution >= 4 is 10.0 Å². The topological polar surface area (TPSA) is 90.0 Å². The van der Waals surface area contributed by atoms with Gasteiger partial charge in [0.15, 0.2) is 5.03 Å². The van der Waals surface area contributed by atoms with E-state index in [1.807, 2.05) is 0 Å². The van der Waals surface area contributed by atoms with E-state index in [-0.39, 0.29) is 17.6 Å². The zero-order valence-electron chi connectivity index (χ0n) is 9.13. The van der Waals surface area contributed by atoms with Crippen molar-refractivity contribution < 1.29 is 8.42 Å². The Labute approximate surface area is 94.9 Å². The van der Waals surface area contributed by atoms with Crippen LogP contribution in [-0.2, 0) is 17.1 Å². The summed E-state index contributed by atoms with van der Waals surface area (Å²) in [6.07, 6.45) is 3.67. The van der Waals surface area contributed by atoms with Crippen molar-refractivity contribution in [2.45, 2.75) is 23.9 Å². The van der Waals surface area contributed by atoms with Gasteiger partial charge < -0.3 is 5.73 Å². The monoisotopic (exact) mass is 244 g/mol. The van der Waals surface area contributed by atoms with Crippen LogP contribution in [0.15, 0.2) is 17.3 Å². The number of nitrogens with one attached hydrogen (secondary N) is 1. The van der Waals surface area contributed by atoms with Crippen molar-refractivity contribution in [3.63, 3.8) is 0 Å². The molecule has 16 heavy (non-hydrogen) atoms. The second kappa shape index (κ2) is 4.15. The van der Waals surface area contributed by atoms with Crippen molar-refractivity contribution in [1.29, 1.82) is 0 Å². The maximum Gasteiger partial charge on any atom is 0.257 e. The lowest BCUT2D eigenvalue weighted by Crippen LogP contribution is -2.39. The highest BCUT2D eigenvalue weighted by Gasteiger charge is 2.29. The molecular weight excluding hydrogens is 228 g/mol. The average Bonchev–Trinajstić information content (AvgIpc) is 2.98. The Bertz CT molecular complexity index is 464. The fourth-order valence-electron chi connectivity index (χ4n) is 1.60. The third kappa shape index (κ3) is 2.42. The summed E-state index contributed by atoms with van der Waals surface area (Å²) in [6, 6.07) is 1.38. The molecule has 1 atom stereocenters. The average molecular weight is 244 g/mol. The molecule has 1 aliphatic rings. The van der Waals surface area contributed by atoms with Crippen molar-refractivity contribution in [2.24, 2.45) is 18.7 Å². The number of nitrogens with two attached hydrogens (primary N) is 1. The molecule has 1 fully saturated rings. The van der Waals surface area contributed by atoms with Crippen LogP contribution in [0.1, 0.15) is 12.8 Å². The van der Waals surface area contributed by atoms with Gasteiger partial charge in [-0.3, -0.25) is 4.68 Å². The first-order chi connectivity index (χ1) is 7.50. The van der Waals surface area contributed by atoms with E-state index in [9.17, 15) is 8.42 Å². The molecule has 1 unspecified atom stereocenters. The lowest BCUT2D eigenvalue weighted by molar-refractivity contribution is 0.537. The van der Waals surface area contributed by atoms with Crippen LogP contribution in [-0.4, -0.2) is 30.8 Å². The number of aromatic nitrogens is 2. The van der Waals surface area contributed by atoms with Gasteiger partial charge in [-0.2, -0.15) is 5.10 Å². The molecule has 90 valence electrons. The number of nitrogens with zero attached hydrogens (tertiary/aromatic N) is 2. The first-order valence-corrected chi connectivity index (χ1v) is 6.72. The van der Waals surface area contributed by atoms with Gasteiger partial charge in [-0.15, -0.1) is 0 Å². The molecule has 6 nitrogen and oxygen atoms in total. The van der Waals surface area contributed by atoms with Crippen LogP contribution in [0.3, 0.4) is 0 Å². The molecule has 1 aliphatic carbocycles. The van der Waals surface area contributed by atoms with E-state index in [2.05, 4.69) is 9.82 Å². The molecule has 0 spiro atoms. The fraction of sp³-hybridized carbons (Fsp3) is 0.667. The molecule has 1 saturated carbocycles. The molecule has 0 bridgehead atoms. The molecule has 0 amide bonds. The predicted molar refractivity (Wildman–Crippen MR) is 59.1 cm³/mol. The van der Waals surface area contributed by atoms with Gasteiger partial charge in [0.05, 0.1) is 6.20 Å². The van der Waals surface area contributed by atoms with Gasteiger partial charge in [0.25, 0.3) is 10.0 Å². The van der Waals surface area contributed by atoms with E-state index < -0.39 is 10.0 Å². The zero-order valence-corrected chi connectivity index (χ0v) is 9.94. The Balaban J connectivity index is 2.00. The Morgan fingerprint density at radius 1 is 1.69 bits per heavy atom. The number of hydrogen-bond donors (Lipinski definition) is 2. The number of aryl methyl sites for hydroxylation is 1. The summed E-state index contributed by atoms with van der Waals surface area (Å²) in [5.41, 5.74) is 5.83. The number of hydrogen-bond acceptors (Lipinski definition) is 4. The molecular formula is C9H16N4O2S. The van der Waals surface area contributed by atoms with Crippen LogP contribution in [0, 0.1) is 5.92 Å². The highest BCUT2D eigenvalue weighted by Crippen LogP contribution is 2.31. The summed E-state index contributed by atoms with van der Waals surface area (Å²) in [5, 5.41) is 3.99. The molecule has 0 saturated heterocycles. The SMILES string of the molecule is Cn1nccc1S(=O)(=O)NCC(N)C1CC1. The van der Waals surface area contributed by atoms with Crippen LogP contribution in [0.25, 0.3) is 0 Å². The minimum Gasteiger partial charge on any atom is -0.326 e. The summed E-state index contributed by atoms with van der Waals surface area (Å²) in [5.74, 6) is 0.481. The molecule has 0 aromatic carbocycles. The molecule has 1 aromatic heterocycles. The lowest BCUT2D eigenvalue weighted by Gasteiger charge is -2.11. The largest absolute Gasteiger partial charge is 0.326 e. The smallest absolute Gasteiger partial charge is 0.257 e. The highest BCUT2D eigenvalue weighted by molar-refractivity contribution is 7.89. The molecule has 1 heterocycles. The molecule has 0 radical (unpaired) electrons. The predicted octanol–water partition coefficient (Wildman–Crippen LogP) is -0.564. The first-order valence-electron chi connectivity index (χ1n) is 5.24. The summed E-state index contributed by atoms with van der Waals surface area (Å²) < 4.78 is 27.5. The summed E-state index contributed by atoms with van der Waals surface area (Å²) in [4.78, 5) is 0. The van der Waals surface area contributed by atoms with E-state index in [1.165, 1.54) is 16.9 Å². The van der Waals surface area contributed by atoms with Gasteiger partial charge >= 0.3 is 0 Å². The molecule has 7 heteroatoms. The van der Waals surface area contributed by atoms with E-state index in [0.717, 1.165) is 12.8 Å². The summed E-state index contributed by atoms with van der Waals surface area (Å²) in [6.45, 7) is 0.290. The lowest BCUT2D eigenvalue weighted by atomic mass is 10.2. The quantitative estimate of drug-likeness (QED) is 0.726. The molecule has 1 aromatic rings. The van der Waals surface area contributed by atoms with E-state index >= 15 is 0 Å². The van der Waals surface area contributed by atoms with Gasteiger partial charge in [0.1, 0.15) is 0 Å². The van der Waals surface area contributed by atoms with Crippen molar-refractivity contribution in [3.05, 3.63) is 12.3 Å². The van der Waals surface area contributed by atoms with E-state index in [4.69, 9.17) is 5.73 Å². The van der Waals surface area contributed by atoms with Gasteiger partial charge in [0, 0.05) is 19.6 Å². The number of sulfonamides is 1. The maximum absolute atomic E-state index is 11.8. The normalized spacial score (nSPS) is 18.6. The van der Waals surface area contributed by atoms with Gasteiger partial charge in [-0.05, 0) is 24.8 Å². The third-order valence-electron chi connectivity index (χ3n) is 2.79. The Morgan fingerprint density at radius 3 is 2.88 bits per heavy atom. The third-order valence-corrected chi connectivity index (χ3v) is 4.29. The van der Waals surface area contributed by atoms with Gasteiger partial charge in [0.2, 0.25) is 0 Å². The van der Waals surface area contributed by atoms with E-state index in [1.54, 1.807) is 7.05 Å². The highest BCUT2D eigenvalue weighted by atomic mass is 32.2. The first kappa shape index (κ1) is 11.6. The molecule has 3 N–H and O–H groups in total. The Kier molecular flexibility index (Phi) is 3.00. The maximum atomic E-state index is 11.8. The summed E-state index contributed by atoms with van der Waals surface area (Å²) >= 11 is 0. The van der Waals surface area contributed by atoms with Crippen molar-refractivity contribution in [2.75, 3.05) is 6.54 Å². The van der Waals surface area contributed by atoms with Crippen molar-refractivity contribution in [1.82, 2.24) is 14.5 Å². The van der Waals surface area contributed by atoms with E-state index in [0.29, 0.717) is 5.92 Å².